The number of rotatable bonds is 3. The summed E-state index contributed by atoms with van der Waals surface area (Å²) in [5.41, 5.74) is 4.67. The first-order chi connectivity index (χ1) is 5.77. The molecule has 66 valence electrons. The summed E-state index contributed by atoms with van der Waals surface area (Å²) in [6.07, 6.45) is 4.18. The second-order valence-corrected chi connectivity index (χ2v) is 2.77. The van der Waals surface area contributed by atoms with Crippen molar-refractivity contribution in [2.45, 2.75) is 19.8 Å². The summed E-state index contributed by atoms with van der Waals surface area (Å²) in [5.74, 6) is 0. The topological polar surface area (TPSA) is 40.8 Å². The molecule has 0 spiro atoms. The van der Waals surface area contributed by atoms with Crippen LogP contribution in [0.2, 0.25) is 0 Å². The van der Waals surface area contributed by atoms with Gasteiger partial charge >= 0.3 is 0 Å². The van der Waals surface area contributed by atoms with Gasteiger partial charge < -0.3 is 5.43 Å². The van der Waals surface area contributed by atoms with Crippen LogP contribution < -0.4 is 10.9 Å². The van der Waals surface area contributed by atoms with Crippen LogP contribution in [0, 0.1) is 5.41 Å². The van der Waals surface area contributed by atoms with Crippen molar-refractivity contribution in [2.24, 2.45) is 0 Å². The molecule has 1 aromatic heterocycles. The molecule has 0 aliphatic carbocycles. The first-order valence-electron chi connectivity index (χ1n) is 4.22. The zero-order valence-electron chi connectivity index (χ0n) is 7.59. The highest BCUT2D eigenvalue weighted by atomic mass is 15.4. The SMILES string of the molecule is CCCc1ccc(=N)n(NC)c1. The van der Waals surface area contributed by atoms with Gasteiger partial charge in [0.15, 0.2) is 0 Å². The Morgan fingerprint density at radius 3 is 2.83 bits per heavy atom. The van der Waals surface area contributed by atoms with Gasteiger partial charge in [-0.25, -0.2) is 0 Å². The minimum absolute atomic E-state index is 0.484. The van der Waals surface area contributed by atoms with Gasteiger partial charge in [0, 0.05) is 13.2 Å². The Hall–Kier alpha value is -1.25. The van der Waals surface area contributed by atoms with Crippen LogP contribution in [0.5, 0.6) is 0 Å². The molecule has 3 nitrogen and oxygen atoms in total. The number of hydrogen-bond donors (Lipinski definition) is 2. The summed E-state index contributed by atoms with van der Waals surface area (Å²) >= 11 is 0. The van der Waals surface area contributed by atoms with E-state index < -0.39 is 0 Å². The predicted octanol–water partition coefficient (Wildman–Crippen LogP) is 1.09. The summed E-state index contributed by atoms with van der Waals surface area (Å²) in [5, 5.41) is 7.50. The molecule has 0 aliphatic rings. The van der Waals surface area contributed by atoms with Gasteiger partial charge in [0.1, 0.15) is 5.49 Å². The highest BCUT2D eigenvalue weighted by molar-refractivity contribution is 5.09. The maximum absolute atomic E-state index is 7.50. The normalized spacial score (nSPS) is 9.83. The Morgan fingerprint density at radius 1 is 1.50 bits per heavy atom. The summed E-state index contributed by atoms with van der Waals surface area (Å²) in [4.78, 5) is 0. The van der Waals surface area contributed by atoms with Crippen molar-refractivity contribution < 1.29 is 0 Å². The lowest BCUT2D eigenvalue weighted by atomic mass is 10.2. The molecule has 0 unspecified atom stereocenters. The molecule has 1 aromatic rings. The maximum atomic E-state index is 7.50. The second kappa shape index (κ2) is 3.95. The van der Waals surface area contributed by atoms with E-state index in [4.69, 9.17) is 5.41 Å². The van der Waals surface area contributed by atoms with Gasteiger partial charge in [-0.3, -0.25) is 10.1 Å². The van der Waals surface area contributed by atoms with Crippen LogP contribution in [-0.4, -0.2) is 11.7 Å². The minimum atomic E-state index is 0.484. The van der Waals surface area contributed by atoms with E-state index in [9.17, 15) is 0 Å². The fourth-order valence-electron chi connectivity index (χ4n) is 1.17. The number of hydrogen-bond acceptors (Lipinski definition) is 2. The molecule has 12 heavy (non-hydrogen) atoms. The molecule has 0 radical (unpaired) electrons. The standard InChI is InChI=1S/C9H15N3/c1-3-4-8-5-6-9(10)12(7-8)11-2/h5-7,10-11H,3-4H2,1-2H3. The molecular formula is C9H15N3. The van der Waals surface area contributed by atoms with Gasteiger partial charge in [0.25, 0.3) is 0 Å². The molecule has 0 amide bonds. The molecule has 0 aromatic carbocycles. The monoisotopic (exact) mass is 165 g/mol. The minimum Gasteiger partial charge on any atom is -0.328 e. The van der Waals surface area contributed by atoms with E-state index in [2.05, 4.69) is 12.3 Å². The molecule has 1 heterocycles. The molecule has 0 saturated carbocycles. The number of aryl methyl sites for hydroxylation is 1. The lowest BCUT2D eigenvalue weighted by molar-refractivity contribution is 0.801. The quantitative estimate of drug-likeness (QED) is 0.691. The third-order valence-electron chi connectivity index (χ3n) is 1.79. The smallest absolute Gasteiger partial charge is 0.143 e. The van der Waals surface area contributed by atoms with Gasteiger partial charge in [-0.1, -0.05) is 19.4 Å². The van der Waals surface area contributed by atoms with Crippen LogP contribution in [0.25, 0.3) is 0 Å². The number of nitrogens with one attached hydrogen (secondary N) is 2. The number of pyridine rings is 1. The van der Waals surface area contributed by atoms with Crippen LogP contribution >= 0.6 is 0 Å². The lowest BCUT2D eigenvalue weighted by Gasteiger charge is -2.07. The fourth-order valence-corrected chi connectivity index (χ4v) is 1.17. The van der Waals surface area contributed by atoms with Gasteiger partial charge in [-0.2, -0.15) is 0 Å². The molecule has 0 fully saturated rings. The average molecular weight is 165 g/mol. The van der Waals surface area contributed by atoms with Gasteiger partial charge in [0.05, 0.1) is 0 Å². The molecule has 0 saturated heterocycles. The van der Waals surface area contributed by atoms with Crippen LogP contribution in [0.4, 0.5) is 0 Å². The zero-order chi connectivity index (χ0) is 8.97. The molecule has 1 rings (SSSR count). The third-order valence-corrected chi connectivity index (χ3v) is 1.79. The van der Waals surface area contributed by atoms with E-state index in [-0.39, 0.29) is 0 Å². The summed E-state index contributed by atoms with van der Waals surface area (Å²) in [6, 6.07) is 3.81. The Bertz CT molecular complexity index is 301. The van der Waals surface area contributed by atoms with E-state index in [0.29, 0.717) is 5.49 Å². The van der Waals surface area contributed by atoms with E-state index in [1.807, 2.05) is 25.4 Å². The summed E-state index contributed by atoms with van der Waals surface area (Å²) in [7, 11) is 1.81. The first kappa shape index (κ1) is 8.84. The van der Waals surface area contributed by atoms with Crippen LogP contribution in [0.15, 0.2) is 18.3 Å². The van der Waals surface area contributed by atoms with Crippen molar-refractivity contribution in [1.29, 1.82) is 5.41 Å². The lowest BCUT2D eigenvalue weighted by Crippen LogP contribution is -2.25. The largest absolute Gasteiger partial charge is 0.328 e. The van der Waals surface area contributed by atoms with Crippen molar-refractivity contribution in [3.63, 3.8) is 0 Å². The zero-order valence-corrected chi connectivity index (χ0v) is 7.59. The Labute approximate surface area is 72.5 Å². The highest BCUT2D eigenvalue weighted by Crippen LogP contribution is 1.98. The average Bonchev–Trinajstić information content (AvgIpc) is 2.09. The van der Waals surface area contributed by atoms with Crippen LogP contribution in [0.3, 0.4) is 0 Å². The highest BCUT2D eigenvalue weighted by Gasteiger charge is 1.92. The van der Waals surface area contributed by atoms with Gasteiger partial charge in [-0.05, 0) is 18.1 Å². The number of aromatic nitrogens is 1. The van der Waals surface area contributed by atoms with Crippen molar-refractivity contribution in [1.82, 2.24) is 4.68 Å². The second-order valence-electron chi connectivity index (χ2n) is 2.77. The first-order valence-corrected chi connectivity index (χ1v) is 4.22. The van der Waals surface area contributed by atoms with Gasteiger partial charge in [-0.15, -0.1) is 0 Å². The van der Waals surface area contributed by atoms with E-state index in [1.165, 1.54) is 5.56 Å². The molecule has 0 atom stereocenters. The predicted molar refractivity (Wildman–Crippen MR) is 49.6 cm³/mol. The van der Waals surface area contributed by atoms with Crippen molar-refractivity contribution in [3.8, 4) is 0 Å². The molecule has 3 heteroatoms. The Kier molecular flexibility index (Phi) is 2.91. The van der Waals surface area contributed by atoms with E-state index >= 15 is 0 Å². The van der Waals surface area contributed by atoms with Crippen LogP contribution in [-0.2, 0) is 6.42 Å². The Morgan fingerprint density at radius 2 is 2.25 bits per heavy atom. The van der Waals surface area contributed by atoms with Gasteiger partial charge in [0.2, 0.25) is 0 Å². The molecule has 0 aliphatic heterocycles. The molecular weight excluding hydrogens is 150 g/mol. The Balaban J connectivity index is 2.97. The van der Waals surface area contributed by atoms with Crippen molar-refractivity contribution in [3.05, 3.63) is 29.4 Å². The van der Waals surface area contributed by atoms with Crippen molar-refractivity contribution >= 4 is 0 Å². The fraction of sp³-hybridized carbons (Fsp3) is 0.444. The summed E-state index contributed by atoms with van der Waals surface area (Å²) in [6.45, 7) is 2.15. The summed E-state index contributed by atoms with van der Waals surface area (Å²) < 4.78 is 1.71. The van der Waals surface area contributed by atoms with E-state index in [0.717, 1.165) is 12.8 Å². The van der Waals surface area contributed by atoms with E-state index in [1.54, 1.807) is 4.68 Å². The van der Waals surface area contributed by atoms with Crippen LogP contribution in [0.1, 0.15) is 18.9 Å². The maximum Gasteiger partial charge on any atom is 0.143 e. The van der Waals surface area contributed by atoms with Crippen molar-refractivity contribution in [2.75, 3.05) is 12.5 Å². The number of nitrogens with zero attached hydrogens (tertiary/aromatic N) is 1. The molecule has 0 bridgehead atoms. The molecule has 2 N–H and O–H groups in total. The third kappa shape index (κ3) is 1.87.